The van der Waals surface area contributed by atoms with E-state index in [1.54, 1.807) is 18.2 Å². The summed E-state index contributed by atoms with van der Waals surface area (Å²) in [6, 6.07) is 10.4. The van der Waals surface area contributed by atoms with E-state index in [1.807, 2.05) is 6.92 Å². The van der Waals surface area contributed by atoms with Gasteiger partial charge in [-0.25, -0.2) is 4.79 Å². The van der Waals surface area contributed by atoms with Crippen LogP contribution in [0, 0.1) is 6.92 Å². The van der Waals surface area contributed by atoms with Gasteiger partial charge in [0, 0.05) is 0 Å². The highest BCUT2D eigenvalue weighted by atomic mass is 19.3. The second kappa shape index (κ2) is 6.89. The third-order valence-corrected chi connectivity index (χ3v) is 2.84. The largest absolute Gasteiger partial charge is 0.493 e. The Morgan fingerprint density at radius 2 is 1.73 bits per heavy atom. The maximum atomic E-state index is 12.1. The van der Waals surface area contributed by atoms with E-state index in [9.17, 15) is 13.6 Å². The Balaban J connectivity index is 2.12. The molecule has 0 unspecified atom stereocenters. The maximum Gasteiger partial charge on any atom is 0.387 e. The third kappa shape index (κ3) is 3.94. The Morgan fingerprint density at radius 3 is 2.32 bits per heavy atom. The molecule has 22 heavy (non-hydrogen) atoms. The molecule has 2 aromatic rings. The van der Waals surface area contributed by atoms with Crippen LogP contribution in [0.5, 0.6) is 17.2 Å². The molecule has 0 radical (unpaired) electrons. The molecule has 0 bridgehead atoms. The summed E-state index contributed by atoms with van der Waals surface area (Å²) in [5.74, 6) is 0.0715. The fraction of sp³-hybridized carbons (Fsp3) is 0.188. The summed E-state index contributed by atoms with van der Waals surface area (Å²) >= 11 is 0. The van der Waals surface area contributed by atoms with Gasteiger partial charge in [-0.2, -0.15) is 8.78 Å². The van der Waals surface area contributed by atoms with Crippen LogP contribution in [0.4, 0.5) is 8.78 Å². The lowest BCUT2D eigenvalue weighted by atomic mass is 10.2. The SMILES string of the molecule is COc1cc(C)ccc1OC(=O)c1ccc(OC(F)F)cc1. The summed E-state index contributed by atoms with van der Waals surface area (Å²) in [6.45, 7) is -1.02. The molecule has 116 valence electrons. The van der Waals surface area contributed by atoms with E-state index in [0.717, 1.165) is 5.56 Å². The summed E-state index contributed by atoms with van der Waals surface area (Å²) in [7, 11) is 1.47. The number of carbonyl (C=O) groups excluding carboxylic acids is 1. The standard InChI is InChI=1S/C16H14F2O4/c1-10-3-8-13(14(9-10)20-2)22-15(19)11-4-6-12(7-5-11)21-16(17)18/h3-9,16H,1-2H3. The molecule has 4 nitrogen and oxygen atoms in total. The lowest BCUT2D eigenvalue weighted by molar-refractivity contribution is -0.0498. The lowest BCUT2D eigenvalue weighted by Crippen LogP contribution is -2.09. The summed E-state index contributed by atoms with van der Waals surface area (Å²) in [5, 5.41) is 0. The van der Waals surface area contributed by atoms with Crippen LogP contribution in [-0.4, -0.2) is 19.7 Å². The van der Waals surface area contributed by atoms with E-state index in [2.05, 4.69) is 4.74 Å². The minimum absolute atomic E-state index is 0.0283. The number of methoxy groups -OCH3 is 1. The Kier molecular flexibility index (Phi) is 4.93. The molecule has 0 fully saturated rings. The predicted molar refractivity (Wildman–Crippen MR) is 75.8 cm³/mol. The zero-order valence-electron chi connectivity index (χ0n) is 12.0. The van der Waals surface area contributed by atoms with E-state index in [0.29, 0.717) is 5.75 Å². The predicted octanol–water partition coefficient (Wildman–Crippen LogP) is 3.82. The van der Waals surface area contributed by atoms with Crippen molar-refractivity contribution in [3.63, 3.8) is 0 Å². The molecule has 0 saturated carbocycles. The van der Waals surface area contributed by atoms with Gasteiger partial charge < -0.3 is 14.2 Å². The molecule has 0 atom stereocenters. The molecule has 0 aromatic heterocycles. The van der Waals surface area contributed by atoms with Gasteiger partial charge in [0.05, 0.1) is 12.7 Å². The molecule has 6 heteroatoms. The number of hydrogen-bond donors (Lipinski definition) is 0. The number of halogens is 2. The first-order valence-electron chi connectivity index (χ1n) is 6.41. The van der Waals surface area contributed by atoms with Crippen molar-refractivity contribution in [3.8, 4) is 17.2 Å². The van der Waals surface area contributed by atoms with Crippen LogP contribution in [0.15, 0.2) is 42.5 Å². The molecule has 0 heterocycles. The number of hydrogen-bond acceptors (Lipinski definition) is 4. The first kappa shape index (κ1) is 15.8. The molecular weight excluding hydrogens is 294 g/mol. The minimum Gasteiger partial charge on any atom is -0.493 e. The zero-order valence-corrected chi connectivity index (χ0v) is 12.0. The van der Waals surface area contributed by atoms with Crippen molar-refractivity contribution < 1.29 is 27.8 Å². The molecule has 0 aliphatic rings. The van der Waals surface area contributed by atoms with Gasteiger partial charge in [0.1, 0.15) is 5.75 Å². The van der Waals surface area contributed by atoms with Crippen LogP contribution in [0.1, 0.15) is 15.9 Å². The van der Waals surface area contributed by atoms with Crippen LogP contribution in [-0.2, 0) is 0 Å². The summed E-state index contributed by atoms with van der Waals surface area (Å²) in [6.07, 6.45) is 0. The zero-order chi connectivity index (χ0) is 16.1. The number of ether oxygens (including phenoxy) is 3. The molecular formula is C16H14F2O4. The van der Waals surface area contributed by atoms with E-state index >= 15 is 0 Å². The first-order chi connectivity index (χ1) is 10.5. The highest BCUT2D eigenvalue weighted by Crippen LogP contribution is 2.28. The number of benzene rings is 2. The van der Waals surface area contributed by atoms with Crippen molar-refractivity contribution in [2.24, 2.45) is 0 Å². The van der Waals surface area contributed by atoms with Gasteiger partial charge in [-0.15, -0.1) is 0 Å². The summed E-state index contributed by atoms with van der Waals surface area (Å²) < 4.78 is 38.7. The first-order valence-corrected chi connectivity index (χ1v) is 6.41. The third-order valence-electron chi connectivity index (χ3n) is 2.84. The second-order valence-electron chi connectivity index (χ2n) is 4.45. The van der Waals surface area contributed by atoms with Crippen molar-refractivity contribution in [3.05, 3.63) is 53.6 Å². The smallest absolute Gasteiger partial charge is 0.387 e. The van der Waals surface area contributed by atoms with Crippen LogP contribution >= 0.6 is 0 Å². The van der Waals surface area contributed by atoms with Gasteiger partial charge in [0.2, 0.25) is 0 Å². The van der Waals surface area contributed by atoms with Crippen LogP contribution < -0.4 is 14.2 Å². The van der Waals surface area contributed by atoms with Gasteiger partial charge in [0.25, 0.3) is 0 Å². The quantitative estimate of drug-likeness (QED) is 0.622. The molecule has 0 aliphatic carbocycles. The maximum absolute atomic E-state index is 12.1. The van der Waals surface area contributed by atoms with Crippen molar-refractivity contribution >= 4 is 5.97 Å². The average Bonchev–Trinajstić information content (AvgIpc) is 2.49. The summed E-state index contributed by atoms with van der Waals surface area (Å²) in [4.78, 5) is 12.0. The Bertz CT molecular complexity index is 654. The number of carbonyl (C=O) groups is 1. The molecule has 0 amide bonds. The highest BCUT2D eigenvalue weighted by molar-refractivity contribution is 5.91. The molecule has 2 rings (SSSR count). The fourth-order valence-corrected chi connectivity index (χ4v) is 1.79. The minimum atomic E-state index is -2.91. The Morgan fingerprint density at radius 1 is 1.05 bits per heavy atom. The van der Waals surface area contributed by atoms with Gasteiger partial charge in [0.15, 0.2) is 11.5 Å². The normalized spacial score (nSPS) is 10.4. The van der Waals surface area contributed by atoms with Crippen LogP contribution in [0.3, 0.4) is 0 Å². The van der Waals surface area contributed by atoms with Gasteiger partial charge in [-0.05, 0) is 48.9 Å². The van der Waals surface area contributed by atoms with Gasteiger partial charge in [-0.1, -0.05) is 6.07 Å². The summed E-state index contributed by atoms with van der Waals surface area (Å²) in [5.41, 5.74) is 1.18. The van der Waals surface area contributed by atoms with Gasteiger partial charge in [-0.3, -0.25) is 0 Å². The van der Waals surface area contributed by atoms with Crippen molar-refractivity contribution in [1.29, 1.82) is 0 Å². The topological polar surface area (TPSA) is 44.8 Å². The molecule has 0 saturated heterocycles. The lowest BCUT2D eigenvalue weighted by Gasteiger charge is -2.10. The highest BCUT2D eigenvalue weighted by Gasteiger charge is 2.13. The number of rotatable bonds is 5. The number of alkyl halides is 2. The van der Waals surface area contributed by atoms with E-state index in [4.69, 9.17) is 9.47 Å². The Hall–Kier alpha value is -2.63. The fourth-order valence-electron chi connectivity index (χ4n) is 1.79. The molecule has 0 aliphatic heterocycles. The molecule has 0 N–H and O–H groups in total. The van der Waals surface area contributed by atoms with E-state index < -0.39 is 12.6 Å². The average molecular weight is 308 g/mol. The van der Waals surface area contributed by atoms with E-state index in [-0.39, 0.29) is 17.1 Å². The molecule has 0 spiro atoms. The monoisotopic (exact) mass is 308 g/mol. The number of aryl methyl sites for hydroxylation is 1. The second-order valence-corrected chi connectivity index (χ2v) is 4.45. The van der Waals surface area contributed by atoms with Crippen molar-refractivity contribution in [1.82, 2.24) is 0 Å². The van der Waals surface area contributed by atoms with Crippen molar-refractivity contribution in [2.75, 3.05) is 7.11 Å². The molecule has 2 aromatic carbocycles. The van der Waals surface area contributed by atoms with Crippen LogP contribution in [0.2, 0.25) is 0 Å². The van der Waals surface area contributed by atoms with Gasteiger partial charge >= 0.3 is 12.6 Å². The number of esters is 1. The van der Waals surface area contributed by atoms with Crippen LogP contribution in [0.25, 0.3) is 0 Å². The Labute approximate surface area is 126 Å². The van der Waals surface area contributed by atoms with Crippen molar-refractivity contribution in [2.45, 2.75) is 13.5 Å². The van der Waals surface area contributed by atoms with E-state index in [1.165, 1.54) is 31.4 Å².